The predicted octanol–water partition coefficient (Wildman–Crippen LogP) is -2.10. The summed E-state index contributed by atoms with van der Waals surface area (Å²) in [5.74, 6) is -7.01. The topological polar surface area (TPSA) is 231 Å². The Bertz CT molecular complexity index is 725. The highest BCUT2D eigenvalue weighted by atomic mass is 16.4. The fourth-order valence-corrected chi connectivity index (χ4v) is 2.73. The lowest BCUT2D eigenvalue weighted by Crippen LogP contribution is -2.58. The summed E-state index contributed by atoms with van der Waals surface area (Å²) in [4.78, 5) is 71.2. The number of hydrogen-bond acceptors (Lipinski definition) is 7. The van der Waals surface area contributed by atoms with Crippen LogP contribution in [0, 0.1) is 11.8 Å². The van der Waals surface area contributed by atoms with Crippen molar-refractivity contribution >= 4 is 35.6 Å². The van der Waals surface area contributed by atoms with Gasteiger partial charge < -0.3 is 37.6 Å². The molecule has 13 heteroatoms. The zero-order chi connectivity index (χ0) is 25.2. The number of nitrogens with two attached hydrogens (primary N) is 2. The lowest BCUT2D eigenvalue weighted by molar-refractivity contribution is -0.144. The van der Waals surface area contributed by atoms with E-state index in [1.165, 1.54) is 13.8 Å². The summed E-state index contributed by atoms with van der Waals surface area (Å²) in [6, 6.07) is -5.48. The molecule has 13 nitrogen and oxygen atoms in total. The summed E-state index contributed by atoms with van der Waals surface area (Å²) in [5, 5.41) is 24.9. The normalized spacial score (nSPS) is 14.7. The largest absolute Gasteiger partial charge is 0.481 e. The van der Waals surface area contributed by atoms with Crippen LogP contribution < -0.4 is 27.4 Å². The molecule has 9 N–H and O–H groups in total. The average Bonchev–Trinajstić information content (AvgIpc) is 2.62. The van der Waals surface area contributed by atoms with Crippen molar-refractivity contribution < 1.29 is 39.0 Å². The molecule has 4 atom stereocenters. The number of aliphatic carboxylic acids is 2. The van der Waals surface area contributed by atoms with Crippen molar-refractivity contribution in [3.8, 4) is 0 Å². The van der Waals surface area contributed by atoms with Gasteiger partial charge in [0, 0.05) is 0 Å². The third-order valence-electron chi connectivity index (χ3n) is 4.34. The number of hydrogen-bond donors (Lipinski definition) is 7. The van der Waals surface area contributed by atoms with Gasteiger partial charge in [-0.05, 0) is 18.3 Å². The maximum absolute atomic E-state index is 12.6. The molecule has 182 valence electrons. The molecule has 0 aromatic heterocycles. The second kappa shape index (κ2) is 13.2. The summed E-state index contributed by atoms with van der Waals surface area (Å²) in [7, 11) is 0. The first-order chi connectivity index (χ1) is 14.6. The van der Waals surface area contributed by atoms with E-state index in [0.29, 0.717) is 6.42 Å². The average molecular weight is 460 g/mol. The Morgan fingerprint density at radius 3 is 1.66 bits per heavy atom. The Balaban J connectivity index is 5.54. The van der Waals surface area contributed by atoms with Crippen molar-refractivity contribution in [3.63, 3.8) is 0 Å². The summed E-state index contributed by atoms with van der Waals surface area (Å²) in [6.45, 7) is 6.72. The van der Waals surface area contributed by atoms with Crippen LogP contribution in [-0.2, 0) is 28.8 Å². The van der Waals surface area contributed by atoms with Gasteiger partial charge in [-0.15, -0.1) is 0 Å². The first-order valence-electron chi connectivity index (χ1n) is 10.0. The molecule has 4 amide bonds. The van der Waals surface area contributed by atoms with Gasteiger partial charge in [0.15, 0.2) is 0 Å². The molecule has 0 saturated heterocycles. The van der Waals surface area contributed by atoms with Gasteiger partial charge in [-0.3, -0.25) is 24.0 Å². The molecular formula is C19H33N5O8. The molecule has 0 aliphatic heterocycles. The molecule has 0 fully saturated rings. The molecule has 0 aliphatic carbocycles. The number of nitrogens with one attached hydrogen (secondary N) is 3. The molecule has 0 radical (unpaired) electrons. The monoisotopic (exact) mass is 459 g/mol. The van der Waals surface area contributed by atoms with Crippen LogP contribution in [0.5, 0.6) is 0 Å². The van der Waals surface area contributed by atoms with Gasteiger partial charge in [0.1, 0.15) is 18.1 Å². The smallest absolute Gasteiger partial charge is 0.326 e. The third-order valence-corrected chi connectivity index (χ3v) is 4.34. The second-order valence-electron chi connectivity index (χ2n) is 8.20. The van der Waals surface area contributed by atoms with Crippen LogP contribution in [0.15, 0.2) is 0 Å². The number of amides is 4. The molecule has 0 aromatic carbocycles. The first kappa shape index (κ1) is 28.8. The standard InChI is InChI=1S/C19H33N5O8/c1-8(2)5-10(20)16(28)22-11(6-13(21)25)17(29)23-12(7-14(26)27)18(30)24-15(9(3)4)19(31)32/h8-12,15H,5-7,20H2,1-4H3,(H2,21,25)(H,22,28)(H,23,29)(H,24,30)(H,26,27)(H,31,32). The van der Waals surface area contributed by atoms with E-state index >= 15 is 0 Å². The quantitative estimate of drug-likeness (QED) is 0.151. The van der Waals surface area contributed by atoms with Crippen LogP contribution in [0.2, 0.25) is 0 Å². The first-order valence-corrected chi connectivity index (χ1v) is 10.0. The molecule has 0 rings (SSSR count). The van der Waals surface area contributed by atoms with Gasteiger partial charge in [0.2, 0.25) is 23.6 Å². The van der Waals surface area contributed by atoms with E-state index in [4.69, 9.17) is 16.6 Å². The highest BCUT2D eigenvalue weighted by Crippen LogP contribution is 2.06. The van der Waals surface area contributed by atoms with Gasteiger partial charge in [0.05, 0.1) is 18.9 Å². The zero-order valence-electron chi connectivity index (χ0n) is 18.6. The molecule has 0 saturated carbocycles. The van der Waals surface area contributed by atoms with Crippen molar-refractivity contribution in [1.82, 2.24) is 16.0 Å². The van der Waals surface area contributed by atoms with Gasteiger partial charge in [-0.1, -0.05) is 27.7 Å². The second-order valence-corrected chi connectivity index (χ2v) is 8.20. The Morgan fingerprint density at radius 2 is 1.25 bits per heavy atom. The van der Waals surface area contributed by atoms with Gasteiger partial charge in [0.25, 0.3) is 0 Å². The summed E-state index contributed by atoms with van der Waals surface area (Å²) in [6.07, 6.45) is -1.20. The highest BCUT2D eigenvalue weighted by molar-refractivity contribution is 5.97. The van der Waals surface area contributed by atoms with E-state index in [0.717, 1.165) is 0 Å². The maximum Gasteiger partial charge on any atom is 0.326 e. The van der Waals surface area contributed by atoms with Crippen LogP contribution in [0.3, 0.4) is 0 Å². The number of rotatable bonds is 14. The number of carbonyl (C=O) groups excluding carboxylic acids is 4. The minimum absolute atomic E-state index is 0.0750. The fraction of sp³-hybridized carbons (Fsp3) is 0.684. The van der Waals surface area contributed by atoms with Crippen molar-refractivity contribution in [3.05, 3.63) is 0 Å². The van der Waals surface area contributed by atoms with E-state index in [9.17, 15) is 33.9 Å². The van der Waals surface area contributed by atoms with Crippen molar-refractivity contribution in [2.45, 2.75) is 71.1 Å². The predicted molar refractivity (Wildman–Crippen MR) is 112 cm³/mol. The van der Waals surface area contributed by atoms with E-state index in [-0.39, 0.29) is 5.92 Å². The summed E-state index contributed by atoms with van der Waals surface area (Å²) in [5.41, 5.74) is 10.9. The van der Waals surface area contributed by atoms with E-state index in [1.807, 2.05) is 13.8 Å². The van der Waals surface area contributed by atoms with Gasteiger partial charge in [-0.2, -0.15) is 0 Å². The van der Waals surface area contributed by atoms with E-state index < -0.39 is 78.5 Å². The SMILES string of the molecule is CC(C)CC(N)C(=O)NC(CC(N)=O)C(=O)NC(CC(=O)O)C(=O)NC(C(=O)O)C(C)C. The molecule has 0 aromatic rings. The number of carboxylic acids is 2. The highest BCUT2D eigenvalue weighted by Gasteiger charge is 2.33. The number of carboxylic acid groups (broad SMARTS) is 2. The Morgan fingerprint density at radius 1 is 0.781 bits per heavy atom. The molecule has 0 heterocycles. The minimum atomic E-state index is -1.67. The molecule has 0 spiro atoms. The summed E-state index contributed by atoms with van der Waals surface area (Å²) >= 11 is 0. The fourth-order valence-electron chi connectivity index (χ4n) is 2.73. The van der Waals surface area contributed by atoms with Gasteiger partial charge >= 0.3 is 11.9 Å². The van der Waals surface area contributed by atoms with E-state index in [2.05, 4.69) is 16.0 Å². The minimum Gasteiger partial charge on any atom is -0.481 e. The number of primary amides is 1. The molecular weight excluding hydrogens is 426 g/mol. The van der Waals surface area contributed by atoms with Crippen LogP contribution in [0.25, 0.3) is 0 Å². The van der Waals surface area contributed by atoms with Crippen molar-refractivity contribution in [2.75, 3.05) is 0 Å². The van der Waals surface area contributed by atoms with Gasteiger partial charge in [-0.25, -0.2) is 4.79 Å². The molecule has 4 unspecified atom stereocenters. The molecule has 32 heavy (non-hydrogen) atoms. The Hall–Kier alpha value is -3.22. The molecule has 0 aliphatic rings. The zero-order valence-corrected chi connectivity index (χ0v) is 18.6. The third kappa shape index (κ3) is 10.7. The van der Waals surface area contributed by atoms with E-state index in [1.54, 1.807) is 0 Å². The van der Waals surface area contributed by atoms with Crippen LogP contribution >= 0.6 is 0 Å². The lowest BCUT2D eigenvalue weighted by Gasteiger charge is -2.25. The summed E-state index contributed by atoms with van der Waals surface area (Å²) < 4.78 is 0. The lowest BCUT2D eigenvalue weighted by atomic mass is 10.0. The Labute approximate surface area is 185 Å². The van der Waals surface area contributed by atoms with Crippen LogP contribution in [0.1, 0.15) is 47.0 Å². The molecule has 0 bridgehead atoms. The van der Waals surface area contributed by atoms with Crippen LogP contribution in [-0.4, -0.2) is 69.9 Å². The Kier molecular flexibility index (Phi) is 11.9. The van der Waals surface area contributed by atoms with Crippen molar-refractivity contribution in [1.29, 1.82) is 0 Å². The van der Waals surface area contributed by atoms with Crippen molar-refractivity contribution in [2.24, 2.45) is 23.3 Å². The van der Waals surface area contributed by atoms with Crippen LogP contribution in [0.4, 0.5) is 0 Å². The number of carbonyl (C=O) groups is 6. The maximum atomic E-state index is 12.6.